The van der Waals surface area contributed by atoms with Gasteiger partial charge in [-0.3, -0.25) is 4.79 Å². The molecule has 1 unspecified atom stereocenters. The molecule has 7 nitrogen and oxygen atoms in total. The average Bonchev–Trinajstić information content (AvgIpc) is 3.44. The number of carbonyl (C=O) groups excluding carboxylic acids is 1. The molecular formula is C19H21BrN4O3S2. The van der Waals surface area contributed by atoms with Crippen LogP contribution in [-0.4, -0.2) is 47.3 Å². The molecule has 1 amide bonds. The maximum atomic E-state index is 12.9. The Morgan fingerprint density at radius 2 is 2.10 bits per heavy atom. The third-order valence-electron chi connectivity index (χ3n) is 5.02. The second kappa shape index (κ2) is 8.55. The smallest absolute Gasteiger partial charge is 0.253 e. The van der Waals surface area contributed by atoms with Crippen LogP contribution in [0.2, 0.25) is 0 Å². The van der Waals surface area contributed by atoms with Crippen LogP contribution in [0.5, 0.6) is 0 Å². The highest BCUT2D eigenvalue weighted by molar-refractivity contribution is 9.11. The lowest BCUT2D eigenvalue weighted by Crippen LogP contribution is -2.46. The fraction of sp³-hybridized carbons (Fsp3) is 0.368. The van der Waals surface area contributed by atoms with E-state index in [4.69, 9.17) is 0 Å². The molecule has 2 aromatic heterocycles. The van der Waals surface area contributed by atoms with Gasteiger partial charge in [-0.05, 0) is 59.5 Å². The van der Waals surface area contributed by atoms with Gasteiger partial charge in [0, 0.05) is 19.6 Å². The molecule has 0 aliphatic carbocycles. The molecular weight excluding hydrogens is 476 g/mol. The number of hydrogen-bond acceptors (Lipinski definition) is 5. The second-order valence-electron chi connectivity index (χ2n) is 6.90. The molecule has 1 aliphatic heterocycles. The van der Waals surface area contributed by atoms with Gasteiger partial charge in [0.05, 0.1) is 21.1 Å². The molecule has 10 heteroatoms. The summed E-state index contributed by atoms with van der Waals surface area (Å²) < 4.78 is 30.2. The molecule has 29 heavy (non-hydrogen) atoms. The number of aromatic nitrogens is 2. The molecule has 3 heterocycles. The number of benzene rings is 1. The molecule has 1 N–H and O–H groups in total. The molecule has 1 atom stereocenters. The van der Waals surface area contributed by atoms with Crippen molar-refractivity contribution in [2.45, 2.75) is 36.1 Å². The van der Waals surface area contributed by atoms with E-state index in [2.05, 4.69) is 30.8 Å². The van der Waals surface area contributed by atoms with Gasteiger partial charge in [0.1, 0.15) is 10.3 Å². The highest BCUT2D eigenvalue weighted by Crippen LogP contribution is 2.32. The monoisotopic (exact) mass is 496 g/mol. The number of nitrogens with zero attached hydrogens (tertiary/aromatic N) is 3. The number of aryl methyl sites for hydroxylation is 1. The quantitative estimate of drug-likeness (QED) is 0.508. The van der Waals surface area contributed by atoms with E-state index in [1.165, 1.54) is 4.31 Å². The summed E-state index contributed by atoms with van der Waals surface area (Å²) in [5.74, 6) is -0.225. The summed E-state index contributed by atoms with van der Waals surface area (Å²) in [6, 6.07) is 10.6. The van der Waals surface area contributed by atoms with Gasteiger partial charge in [-0.15, -0.1) is 11.3 Å². The molecule has 1 aromatic carbocycles. The van der Waals surface area contributed by atoms with Crippen molar-refractivity contribution in [1.29, 1.82) is 0 Å². The SMILES string of the molecule is O=C(NCCCn1cnc2ccccc21)C1CCCN1S(=O)(=O)c1ccc(Br)s1. The Balaban J connectivity index is 1.34. The zero-order chi connectivity index (χ0) is 20.4. The zero-order valence-electron chi connectivity index (χ0n) is 15.6. The van der Waals surface area contributed by atoms with Gasteiger partial charge in [-0.1, -0.05) is 12.1 Å². The van der Waals surface area contributed by atoms with Crippen molar-refractivity contribution in [2.75, 3.05) is 13.1 Å². The Bertz CT molecular complexity index is 1130. The molecule has 1 fully saturated rings. The van der Waals surface area contributed by atoms with E-state index in [1.54, 1.807) is 18.5 Å². The minimum atomic E-state index is -3.65. The first-order valence-corrected chi connectivity index (χ1v) is 12.5. The maximum Gasteiger partial charge on any atom is 0.253 e. The molecule has 0 radical (unpaired) electrons. The number of rotatable bonds is 7. The number of para-hydroxylation sites is 2. The van der Waals surface area contributed by atoms with Crippen molar-refractivity contribution in [3.8, 4) is 0 Å². The molecule has 154 valence electrons. The lowest BCUT2D eigenvalue weighted by molar-refractivity contribution is -0.124. The first-order chi connectivity index (χ1) is 14.0. The molecule has 1 aliphatic rings. The number of imidazole rings is 1. The fourth-order valence-electron chi connectivity index (χ4n) is 3.61. The van der Waals surface area contributed by atoms with Crippen LogP contribution in [0.1, 0.15) is 19.3 Å². The summed E-state index contributed by atoms with van der Waals surface area (Å²) in [4.78, 5) is 17.0. The average molecular weight is 497 g/mol. The van der Waals surface area contributed by atoms with E-state index < -0.39 is 16.1 Å². The van der Waals surface area contributed by atoms with Crippen molar-refractivity contribution in [1.82, 2.24) is 19.2 Å². The van der Waals surface area contributed by atoms with Crippen molar-refractivity contribution in [3.63, 3.8) is 0 Å². The lowest BCUT2D eigenvalue weighted by atomic mass is 10.2. The van der Waals surface area contributed by atoms with Gasteiger partial charge in [0.15, 0.2) is 0 Å². The highest BCUT2D eigenvalue weighted by Gasteiger charge is 2.39. The number of hydrogen-bond donors (Lipinski definition) is 1. The van der Waals surface area contributed by atoms with E-state index in [0.717, 1.165) is 39.1 Å². The third kappa shape index (κ3) is 4.25. The van der Waals surface area contributed by atoms with Gasteiger partial charge in [0.25, 0.3) is 10.0 Å². The van der Waals surface area contributed by atoms with Crippen LogP contribution in [0.3, 0.4) is 0 Å². The van der Waals surface area contributed by atoms with Crippen LogP contribution in [0.15, 0.2) is 50.7 Å². The van der Waals surface area contributed by atoms with Gasteiger partial charge < -0.3 is 9.88 Å². The van der Waals surface area contributed by atoms with Gasteiger partial charge >= 0.3 is 0 Å². The number of halogens is 1. The largest absolute Gasteiger partial charge is 0.355 e. The van der Waals surface area contributed by atoms with E-state index in [1.807, 2.05) is 24.3 Å². The van der Waals surface area contributed by atoms with Crippen LogP contribution < -0.4 is 5.32 Å². The van der Waals surface area contributed by atoms with Crippen LogP contribution in [-0.2, 0) is 21.4 Å². The summed E-state index contributed by atoms with van der Waals surface area (Å²) in [6.07, 6.45) is 3.77. The van der Waals surface area contributed by atoms with Crippen LogP contribution >= 0.6 is 27.3 Å². The standard InChI is InChI=1S/C19H21BrN4O3S2/c20-17-8-9-18(28-17)29(26,27)24-12-3-7-16(24)19(25)21-10-4-11-23-13-22-14-5-1-2-6-15(14)23/h1-2,5-6,8-9,13,16H,3-4,7,10-12H2,(H,21,25). The number of carbonyl (C=O) groups is 1. The lowest BCUT2D eigenvalue weighted by Gasteiger charge is -2.22. The third-order valence-corrected chi connectivity index (χ3v) is 9.02. The minimum absolute atomic E-state index is 0.225. The number of nitrogens with one attached hydrogen (secondary N) is 1. The van der Waals surface area contributed by atoms with Crippen LogP contribution in [0.4, 0.5) is 0 Å². The summed E-state index contributed by atoms with van der Waals surface area (Å²) in [6.45, 7) is 1.59. The predicted octanol–water partition coefficient (Wildman–Crippen LogP) is 3.22. The molecule has 0 bridgehead atoms. The fourth-order valence-corrected chi connectivity index (χ4v) is 7.40. The minimum Gasteiger partial charge on any atom is -0.355 e. The van der Waals surface area contributed by atoms with Gasteiger partial charge in [0.2, 0.25) is 5.91 Å². The zero-order valence-corrected chi connectivity index (χ0v) is 18.8. The van der Waals surface area contributed by atoms with Crippen molar-refractivity contribution < 1.29 is 13.2 Å². The molecule has 0 spiro atoms. The van der Waals surface area contributed by atoms with E-state index >= 15 is 0 Å². The van der Waals surface area contributed by atoms with E-state index in [-0.39, 0.29) is 10.1 Å². The van der Waals surface area contributed by atoms with Crippen LogP contribution in [0.25, 0.3) is 11.0 Å². The Morgan fingerprint density at radius 3 is 2.90 bits per heavy atom. The summed E-state index contributed by atoms with van der Waals surface area (Å²) in [5.41, 5.74) is 2.01. The Kier molecular flexibility index (Phi) is 6.05. The number of fused-ring (bicyclic) bond motifs is 1. The first kappa shape index (κ1) is 20.5. The number of sulfonamides is 1. The normalized spacial score (nSPS) is 17.8. The first-order valence-electron chi connectivity index (χ1n) is 9.41. The predicted molar refractivity (Wildman–Crippen MR) is 116 cm³/mol. The van der Waals surface area contributed by atoms with Crippen molar-refractivity contribution >= 4 is 54.2 Å². The summed E-state index contributed by atoms with van der Waals surface area (Å²) in [7, 11) is -3.65. The second-order valence-corrected chi connectivity index (χ2v) is 11.5. The Labute approximate surface area is 181 Å². The van der Waals surface area contributed by atoms with E-state index in [9.17, 15) is 13.2 Å². The highest BCUT2D eigenvalue weighted by atomic mass is 79.9. The topological polar surface area (TPSA) is 84.3 Å². The molecule has 3 aromatic rings. The van der Waals surface area contributed by atoms with Gasteiger partial charge in [-0.2, -0.15) is 4.31 Å². The van der Waals surface area contributed by atoms with Crippen LogP contribution in [0, 0.1) is 0 Å². The number of amides is 1. The Morgan fingerprint density at radius 1 is 1.28 bits per heavy atom. The van der Waals surface area contributed by atoms with E-state index in [0.29, 0.717) is 25.9 Å². The summed E-state index contributed by atoms with van der Waals surface area (Å²) >= 11 is 4.46. The summed E-state index contributed by atoms with van der Waals surface area (Å²) in [5, 5.41) is 2.91. The van der Waals surface area contributed by atoms with Crippen molar-refractivity contribution in [2.24, 2.45) is 0 Å². The van der Waals surface area contributed by atoms with Gasteiger partial charge in [-0.25, -0.2) is 13.4 Å². The van der Waals surface area contributed by atoms with Crippen molar-refractivity contribution in [3.05, 3.63) is 46.5 Å². The maximum absolute atomic E-state index is 12.9. The molecule has 0 saturated carbocycles. The Hall–Kier alpha value is -1.75. The molecule has 4 rings (SSSR count). The number of thiophene rings is 1. The molecule has 1 saturated heterocycles.